The van der Waals surface area contributed by atoms with E-state index in [4.69, 9.17) is 4.84 Å². The highest BCUT2D eigenvalue weighted by atomic mass is 16.6. The first-order valence-electron chi connectivity index (χ1n) is 4.23. The van der Waals surface area contributed by atoms with E-state index in [1.54, 1.807) is 19.0 Å². The van der Waals surface area contributed by atoms with Crippen molar-refractivity contribution in [2.24, 2.45) is 0 Å². The number of hydrogen-bond donors (Lipinski definition) is 1. The topological polar surface area (TPSA) is 41.6 Å². The van der Waals surface area contributed by atoms with Crippen molar-refractivity contribution >= 4 is 5.91 Å². The van der Waals surface area contributed by atoms with E-state index in [0.717, 1.165) is 13.0 Å². The van der Waals surface area contributed by atoms with Crippen LogP contribution in [0.2, 0.25) is 0 Å². The van der Waals surface area contributed by atoms with E-state index >= 15 is 0 Å². The lowest BCUT2D eigenvalue weighted by Crippen LogP contribution is -2.23. The van der Waals surface area contributed by atoms with Crippen molar-refractivity contribution in [2.45, 2.75) is 19.8 Å². The largest absolute Gasteiger partial charge is 0.349 e. The molecule has 1 N–H and O–H groups in total. The number of nitrogens with one attached hydrogen (secondary N) is 1. The molecule has 0 aromatic rings. The first kappa shape index (κ1) is 11.4. The highest BCUT2D eigenvalue weighted by Gasteiger charge is 2.01. The second-order valence-corrected chi connectivity index (χ2v) is 2.72. The normalized spacial score (nSPS) is 9.92. The third kappa shape index (κ3) is 6.12. The Morgan fingerprint density at radius 2 is 2.17 bits per heavy atom. The van der Waals surface area contributed by atoms with E-state index in [1.807, 2.05) is 6.92 Å². The van der Waals surface area contributed by atoms with Gasteiger partial charge in [-0.25, -0.2) is 5.48 Å². The molecule has 4 heteroatoms. The van der Waals surface area contributed by atoms with Crippen LogP contribution in [0.4, 0.5) is 0 Å². The van der Waals surface area contributed by atoms with Crippen molar-refractivity contribution in [3.05, 3.63) is 0 Å². The van der Waals surface area contributed by atoms with Crippen LogP contribution in [-0.2, 0) is 9.63 Å². The van der Waals surface area contributed by atoms with Gasteiger partial charge in [-0.15, -0.1) is 0 Å². The second-order valence-electron chi connectivity index (χ2n) is 2.72. The highest BCUT2D eigenvalue weighted by molar-refractivity contribution is 5.75. The summed E-state index contributed by atoms with van der Waals surface area (Å²) in [4.78, 5) is 17.5. The number of carbonyl (C=O) groups excluding carboxylic acids is 1. The smallest absolute Gasteiger partial charge is 0.222 e. The molecule has 0 aliphatic heterocycles. The number of nitrogens with zero attached hydrogens (tertiary/aromatic N) is 1. The molecule has 0 aromatic carbocycles. The SMILES string of the molecule is CCONCCCC(=O)N(C)C. The zero-order chi connectivity index (χ0) is 9.40. The lowest BCUT2D eigenvalue weighted by molar-refractivity contribution is -0.128. The monoisotopic (exact) mass is 174 g/mol. The molecule has 12 heavy (non-hydrogen) atoms. The summed E-state index contributed by atoms with van der Waals surface area (Å²) >= 11 is 0. The number of amides is 1. The van der Waals surface area contributed by atoms with Gasteiger partial charge in [-0.1, -0.05) is 0 Å². The van der Waals surface area contributed by atoms with Crippen LogP contribution in [-0.4, -0.2) is 38.1 Å². The van der Waals surface area contributed by atoms with Crippen molar-refractivity contribution in [2.75, 3.05) is 27.2 Å². The molecule has 4 nitrogen and oxygen atoms in total. The predicted molar refractivity (Wildman–Crippen MR) is 47.6 cm³/mol. The van der Waals surface area contributed by atoms with Gasteiger partial charge in [0.2, 0.25) is 5.91 Å². The third-order valence-electron chi connectivity index (χ3n) is 1.41. The summed E-state index contributed by atoms with van der Waals surface area (Å²) in [6.45, 7) is 3.30. The number of hydroxylamine groups is 1. The van der Waals surface area contributed by atoms with Gasteiger partial charge in [0, 0.05) is 27.1 Å². The van der Waals surface area contributed by atoms with Gasteiger partial charge in [0.1, 0.15) is 0 Å². The van der Waals surface area contributed by atoms with Crippen molar-refractivity contribution in [3.63, 3.8) is 0 Å². The van der Waals surface area contributed by atoms with E-state index < -0.39 is 0 Å². The molecular formula is C8H18N2O2. The number of rotatable bonds is 6. The fourth-order valence-electron chi connectivity index (χ4n) is 0.710. The van der Waals surface area contributed by atoms with E-state index in [2.05, 4.69) is 5.48 Å². The maximum Gasteiger partial charge on any atom is 0.222 e. The summed E-state index contributed by atoms with van der Waals surface area (Å²) in [5.74, 6) is 0.160. The van der Waals surface area contributed by atoms with Crippen LogP contribution in [0.25, 0.3) is 0 Å². The van der Waals surface area contributed by atoms with E-state index in [1.165, 1.54) is 0 Å². The molecule has 0 aliphatic carbocycles. The van der Waals surface area contributed by atoms with Crippen molar-refractivity contribution in [1.82, 2.24) is 10.4 Å². The molecule has 0 bridgehead atoms. The van der Waals surface area contributed by atoms with Gasteiger partial charge in [0.25, 0.3) is 0 Å². The zero-order valence-corrected chi connectivity index (χ0v) is 8.09. The van der Waals surface area contributed by atoms with Crippen molar-refractivity contribution in [3.8, 4) is 0 Å². The van der Waals surface area contributed by atoms with Crippen LogP contribution in [0.5, 0.6) is 0 Å². The maximum atomic E-state index is 11.0. The summed E-state index contributed by atoms with van der Waals surface area (Å²) in [6.07, 6.45) is 1.39. The summed E-state index contributed by atoms with van der Waals surface area (Å²) in [5.41, 5.74) is 2.76. The first-order valence-corrected chi connectivity index (χ1v) is 4.23. The minimum Gasteiger partial charge on any atom is -0.349 e. The maximum absolute atomic E-state index is 11.0. The molecule has 0 unspecified atom stereocenters. The Hall–Kier alpha value is -0.610. The summed E-state index contributed by atoms with van der Waals surface area (Å²) in [6, 6.07) is 0. The average Bonchev–Trinajstić information content (AvgIpc) is 2.03. The van der Waals surface area contributed by atoms with Gasteiger partial charge in [-0.05, 0) is 13.3 Å². The van der Waals surface area contributed by atoms with Crippen LogP contribution >= 0.6 is 0 Å². The van der Waals surface area contributed by atoms with Gasteiger partial charge in [0.05, 0.1) is 6.61 Å². The Morgan fingerprint density at radius 3 is 2.67 bits per heavy atom. The van der Waals surface area contributed by atoms with Gasteiger partial charge in [-0.2, -0.15) is 0 Å². The van der Waals surface area contributed by atoms with Crippen LogP contribution in [0.15, 0.2) is 0 Å². The molecule has 72 valence electrons. The quantitative estimate of drug-likeness (QED) is 0.468. The highest BCUT2D eigenvalue weighted by Crippen LogP contribution is 1.91. The predicted octanol–water partition coefficient (Wildman–Crippen LogP) is 0.396. The zero-order valence-electron chi connectivity index (χ0n) is 8.09. The molecule has 0 saturated heterocycles. The molecule has 0 aliphatic rings. The molecule has 0 saturated carbocycles. The second kappa shape index (κ2) is 7.06. The molecule has 0 aromatic heterocycles. The lowest BCUT2D eigenvalue weighted by atomic mass is 10.3. The van der Waals surface area contributed by atoms with Gasteiger partial charge in [-0.3, -0.25) is 4.79 Å². The standard InChI is InChI=1S/C8H18N2O2/c1-4-12-9-7-5-6-8(11)10(2)3/h9H,4-7H2,1-3H3. The molecule has 0 atom stereocenters. The van der Waals surface area contributed by atoms with Gasteiger partial charge in [0.15, 0.2) is 0 Å². The van der Waals surface area contributed by atoms with Crippen molar-refractivity contribution < 1.29 is 9.63 Å². The molecule has 1 amide bonds. The van der Waals surface area contributed by atoms with Gasteiger partial charge < -0.3 is 9.74 Å². The Morgan fingerprint density at radius 1 is 1.50 bits per heavy atom. The Labute approximate surface area is 73.8 Å². The fraction of sp³-hybridized carbons (Fsp3) is 0.875. The summed E-state index contributed by atoms with van der Waals surface area (Å²) in [5, 5.41) is 0. The average molecular weight is 174 g/mol. The summed E-state index contributed by atoms with van der Waals surface area (Å²) in [7, 11) is 3.52. The fourth-order valence-corrected chi connectivity index (χ4v) is 0.710. The summed E-state index contributed by atoms with van der Waals surface area (Å²) < 4.78 is 0. The minimum atomic E-state index is 0.160. The Bertz CT molecular complexity index is 126. The molecule has 0 fully saturated rings. The molecule has 0 spiro atoms. The van der Waals surface area contributed by atoms with Crippen LogP contribution in [0.3, 0.4) is 0 Å². The molecular weight excluding hydrogens is 156 g/mol. The molecule has 0 heterocycles. The first-order chi connectivity index (χ1) is 5.68. The lowest BCUT2D eigenvalue weighted by Gasteiger charge is -2.09. The van der Waals surface area contributed by atoms with Crippen LogP contribution in [0, 0.1) is 0 Å². The van der Waals surface area contributed by atoms with Crippen molar-refractivity contribution in [1.29, 1.82) is 0 Å². The Kier molecular flexibility index (Phi) is 6.70. The van der Waals surface area contributed by atoms with Crippen LogP contribution < -0.4 is 5.48 Å². The Balaban J connectivity index is 3.14. The number of carbonyl (C=O) groups is 1. The molecule has 0 radical (unpaired) electrons. The van der Waals surface area contributed by atoms with Gasteiger partial charge >= 0.3 is 0 Å². The van der Waals surface area contributed by atoms with E-state index in [-0.39, 0.29) is 5.91 Å². The van der Waals surface area contributed by atoms with E-state index in [0.29, 0.717) is 13.0 Å². The number of hydrogen-bond acceptors (Lipinski definition) is 3. The minimum absolute atomic E-state index is 0.160. The third-order valence-corrected chi connectivity index (χ3v) is 1.41. The van der Waals surface area contributed by atoms with E-state index in [9.17, 15) is 4.79 Å². The van der Waals surface area contributed by atoms with Crippen LogP contribution in [0.1, 0.15) is 19.8 Å². The molecule has 0 rings (SSSR count).